The number of tetrazole rings is 1. The van der Waals surface area contributed by atoms with E-state index in [1.54, 1.807) is 4.68 Å². The molecule has 6 heteroatoms. The fourth-order valence-corrected chi connectivity index (χ4v) is 2.13. The number of hydrogen-bond acceptors (Lipinski definition) is 4. The SMILES string of the molecule is Cc1cc(Br)ccc1-n1nnnc1CNC(C)C. The molecule has 1 aromatic carbocycles. The van der Waals surface area contributed by atoms with Gasteiger partial charge in [-0.2, -0.15) is 4.68 Å². The number of nitrogens with one attached hydrogen (secondary N) is 1. The Labute approximate surface area is 115 Å². The van der Waals surface area contributed by atoms with Gasteiger partial charge < -0.3 is 5.32 Å². The number of aryl methyl sites for hydroxylation is 1. The van der Waals surface area contributed by atoms with E-state index in [0.29, 0.717) is 12.6 Å². The molecule has 0 atom stereocenters. The summed E-state index contributed by atoms with van der Waals surface area (Å²) in [6, 6.07) is 6.45. The molecule has 0 amide bonds. The van der Waals surface area contributed by atoms with Crippen LogP contribution in [0, 0.1) is 6.92 Å². The van der Waals surface area contributed by atoms with E-state index < -0.39 is 0 Å². The highest BCUT2D eigenvalue weighted by atomic mass is 79.9. The average Bonchev–Trinajstić information content (AvgIpc) is 2.74. The second kappa shape index (κ2) is 5.58. The van der Waals surface area contributed by atoms with E-state index in [2.05, 4.69) is 56.7 Å². The second-order valence-corrected chi connectivity index (χ2v) is 5.39. The van der Waals surface area contributed by atoms with Gasteiger partial charge in [-0.1, -0.05) is 29.8 Å². The molecule has 2 rings (SSSR count). The summed E-state index contributed by atoms with van der Waals surface area (Å²) in [6.45, 7) is 6.89. The van der Waals surface area contributed by atoms with E-state index in [1.165, 1.54) is 0 Å². The molecule has 1 heterocycles. The van der Waals surface area contributed by atoms with Gasteiger partial charge in [0.25, 0.3) is 0 Å². The van der Waals surface area contributed by atoms with Gasteiger partial charge in [0.05, 0.1) is 12.2 Å². The van der Waals surface area contributed by atoms with E-state index in [9.17, 15) is 0 Å². The lowest BCUT2D eigenvalue weighted by Gasteiger charge is -2.10. The minimum atomic E-state index is 0.404. The number of halogens is 1. The van der Waals surface area contributed by atoms with Crippen molar-refractivity contribution in [2.45, 2.75) is 33.4 Å². The smallest absolute Gasteiger partial charge is 0.170 e. The summed E-state index contributed by atoms with van der Waals surface area (Å²) in [5.41, 5.74) is 2.13. The van der Waals surface area contributed by atoms with Gasteiger partial charge in [0.2, 0.25) is 0 Å². The van der Waals surface area contributed by atoms with Crippen molar-refractivity contribution >= 4 is 15.9 Å². The van der Waals surface area contributed by atoms with Gasteiger partial charge in [-0.25, -0.2) is 0 Å². The van der Waals surface area contributed by atoms with E-state index in [-0.39, 0.29) is 0 Å². The van der Waals surface area contributed by atoms with Crippen LogP contribution in [0.4, 0.5) is 0 Å². The summed E-state index contributed by atoms with van der Waals surface area (Å²) in [5.74, 6) is 0.814. The van der Waals surface area contributed by atoms with Crippen LogP contribution in [0.5, 0.6) is 0 Å². The van der Waals surface area contributed by atoms with Crippen LogP contribution in [0.2, 0.25) is 0 Å². The molecule has 0 radical (unpaired) electrons. The molecule has 1 N–H and O–H groups in total. The first kappa shape index (κ1) is 13.2. The van der Waals surface area contributed by atoms with Crippen LogP contribution < -0.4 is 5.32 Å². The lowest BCUT2D eigenvalue weighted by Crippen LogP contribution is -2.24. The van der Waals surface area contributed by atoms with Crippen molar-refractivity contribution in [3.05, 3.63) is 34.1 Å². The highest BCUT2D eigenvalue weighted by Gasteiger charge is 2.10. The van der Waals surface area contributed by atoms with Crippen molar-refractivity contribution in [2.75, 3.05) is 0 Å². The van der Waals surface area contributed by atoms with Gasteiger partial charge in [0.15, 0.2) is 5.82 Å². The molecule has 2 aromatic rings. The third kappa shape index (κ3) is 2.94. The standard InChI is InChI=1S/C12H16BrN5/c1-8(2)14-7-12-15-16-17-18(12)11-5-4-10(13)6-9(11)3/h4-6,8,14H,7H2,1-3H3. The monoisotopic (exact) mass is 309 g/mol. The minimum absolute atomic E-state index is 0.404. The summed E-state index contributed by atoms with van der Waals surface area (Å²) in [5, 5.41) is 15.2. The zero-order chi connectivity index (χ0) is 13.1. The van der Waals surface area contributed by atoms with Crippen molar-refractivity contribution in [3.63, 3.8) is 0 Å². The quantitative estimate of drug-likeness (QED) is 0.941. The fraction of sp³-hybridized carbons (Fsp3) is 0.417. The predicted octanol–water partition coefficient (Wildman–Crippen LogP) is 2.23. The van der Waals surface area contributed by atoms with Crippen LogP contribution in [-0.2, 0) is 6.54 Å². The number of rotatable bonds is 4. The summed E-state index contributed by atoms with van der Waals surface area (Å²) < 4.78 is 2.83. The summed E-state index contributed by atoms with van der Waals surface area (Å²) >= 11 is 3.45. The molecule has 0 bridgehead atoms. The molecule has 18 heavy (non-hydrogen) atoms. The number of nitrogens with zero attached hydrogens (tertiary/aromatic N) is 4. The fourth-order valence-electron chi connectivity index (χ4n) is 1.65. The first-order chi connectivity index (χ1) is 8.58. The molecule has 1 aromatic heterocycles. The molecule has 0 fully saturated rings. The van der Waals surface area contributed by atoms with Gasteiger partial charge in [-0.05, 0) is 41.1 Å². The molecule has 96 valence electrons. The first-order valence-corrected chi connectivity index (χ1v) is 6.64. The van der Waals surface area contributed by atoms with Gasteiger partial charge in [0.1, 0.15) is 0 Å². The molecule has 0 aliphatic carbocycles. The largest absolute Gasteiger partial charge is 0.308 e. The Hall–Kier alpha value is -1.27. The first-order valence-electron chi connectivity index (χ1n) is 5.85. The maximum absolute atomic E-state index is 4.06. The maximum atomic E-state index is 4.06. The Morgan fingerprint density at radius 2 is 2.17 bits per heavy atom. The Morgan fingerprint density at radius 1 is 1.39 bits per heavy atom. The molecule has 0 aliphatic heterocycles. The summed E-state index contributed by atoms with van der Waals surface area (Å²) in [6.07, 6.45) is 0. The lowest BCUT2D eigenvalue weighted by atomic mass is 10.2. The highest BCUT2D eigenvalue weighted by molar-refractivity contribution is 9.10. The van der Waals surface area contributed by atoms with Crippen LogP contribution in [0.25, 0.3) is 5.69 Å². The van der Waals surface area contributed by atoms with Gasteiger partial charge in [-0.3, -0.25) is 0 Å². The predicted molar refractivity (Wildman–Crippen MR) is 73.6 cm³/mol. The Balaban J connectivity index is 2.30. The summed E-state index contributed by atoms with van der Waals surface area (Å²) in [4.78, 5) is 0. The van der Waals surface area contributed by atoms with Crippen molar-refractivity contribution in [1.82, 2.24) is 25.5 Å². The van der Waals surface area contributed by atoms with Crippen molar-refractivity contribution < 1.29 is 0 Å². The van der Waals surface area contributed by atoms with Crippen molar-refractivity contribution in [3.8, 4) is 5.69 Å². The zero-order valence-electron chi connectivity index (χ0n) is 10.7. The van der Waals surface area contributed by atoms with Gasteiger partial charge in [0, 0.05) is 10.5 Å². The van der Waals surface area contributed by atoms with Crippen molar-refractivity contribution in [2.24, 2.45) is 0 Å². The van der Waals surface area contributed by atoms with Crippen LogP contribution in [0.1, 0.15) is 25.2 Å². The highest BCUT2D eigenvalue weighted by Crippen LogP contribution is 2.19. The number of hydrogen-bond donors (Lipinski definition) is 1. The molecular weight excluding hydrogens is 294 g/mol. The second-order valence-electron chi connectivity index (χ2n) is 4.47. The third-order valence-corrected chi connectivity index (χ3v) is 3.08. The Kier molecular flexibility index (Phi) is 4.08. The Bertz CT molecular complexity index is 535. The average molecular weight is 310 g/mol. The van der Waals surface area contributed by atoms with Crippen molar-refractivity contribution in [1.29, 1.82) is 0 Å². The van der Waals surface area contributed by atoms with Crippen LogP contribution in [0.15, 0.2) is 22.7 Å². The zero-order valence-corrected chi connectivity index (χ0v) is 12.3. The molecular formula is C12H16BrN5. The topological polar surface area (TPSA) is 55.6 Å². The van der Waals surface area contributed by atoms with Crippen LogP contribution >= 0.6 is 15.9 Å². The minimum Gasteiger partial charge on any atom is -0.308 e. The third-order valence-electron chi connectivity index (χ3n) is 2.59. The van der Waals surface area contributed by atoms with E-state index in [4.69, 9.17) is 0 Å². The summed E-state index contributed by atoms with van der Waals surface area (Å²) in [7, 11) is 0. The van der Waals surface area contributed by atoms with E-state index >= 15 is 0 Å². The molecule has 5 nitrogen and oxygen atoms in total. The molecule has 0 saturated carbocycles. The number of aromatic nitrogens is 4. The van der Waals surface area contributed by atoms with Gasteiger partial charge >= 0.3 is 0 Å². The van der Waals surface area contributed by atoms with Gasteiger partial charge in [-0.15, -0.1) is 5.10 Å². The molecule has 0 spiro atoms. The van der Waals surface area contributed by atoms with E-state index in [0.717, 1.165) is 21.5 Å². The lowest BCUT2D eigenvalue weighted by molar-refractivity contribution is 0.563. The molecule has 0 saturated heterocycles. The van der Waals surface area contributed by atoms with Crippen LogP contribution in [-0.4, -0.2) is 26.2 Å². The Morgan fingerprint density at radius 3 is 2.83 bits per heavy atom. The van der Waals surface area contributed by atoms with Crippen LogP contribution in [0.3, 0.4) is 0 Å². The maximum Gasteiger partial charge on any atom is 0.170 e. The molecule has 0 unspecified atom stereocenters. The number of benzene rings is 1. The normalized spacial score (nSPS) is 11.2. The van der Waals surface area contributed by atoms with E-state index in [1.807, 2.05) is 19.1 Å². The molecule has 0 aliphatic rings.